The summed E-state index contributed by atoms with van der Waals surface area (Å²) in [4.78, 5) is 12.9. The van der Waals surface area contributed by atoms with Crippen molar-refractivity contribution in [3.05, 3.63) is 30.1 Å². The molecule has 0 aliphatic heterocycles. The molecule has 4 fully saturated rings. The van der Waals surface area contributed by atoms with Gasteiger partial charge in [-0.1, -0.05) is 6.42 Å². The number of carbonyl (C=O) groups is 1. The molecule has 0 radical (unpaired) electrons. The highest BCUT2D eigenvalue weighted by molar-refractivity contribution is 5.96. The molecule has 0 heterocycles. The van der Waals surface area contributed by atoms with E-state index in [4.69, 9.17) is 5.73 Å². The van der Waals surface area contributed by atoms with Crippen LogP contribution in [-0.2, 0) is 4.79 Å². The third-order valence-electron chi connectivity index (χ3n) is 6.30. The molecule has 0 spiro atoms. The van der Waals surface area contributed by atoms with Gasteiger partial charge in [0.2, 0.25) is 5.91 Å². The van der Waals surface area contributed by atoms with Gasteiger partial charge in [-0.2, -0.15) is 0 Å². The number of amides is 1. The van der Waals surface area contributed by atoms with Gasteiger partial charge in [0.05, 0.1) is 5.41 Å². The zero-order valence-electron chi connectivity index (χ0n) is 12.1. The van der Waals surface area contributed by atoms with Crippen molar-refractivity contribution in [2.75, 3.05) is 5.32 Å². The summed E-state index contributed by atoms with van der Waals surface area (Å²) < 4.78 is 13.0. The van der Waals surface area contributed by atoms with Crippen LogP contribution in [0.1, 0.15) is 38.5 Å². The molecule has 4 aliphatic rings. The fourth-order valence-corrected chi connectivity index (χ4v) is 4.93. The summed E-state index contributed by atoms with van der Waals surface area (Å²) in [5.41, 5.74) is 6.77. The number of anilines is 1. The molecule has 3 N–H and O–H groups in total. The third-order valence-corrected chi connectivity index (χ3v) is 6.30. The molecule has 5 rings (SSSR count). The Labute approximate surface area is 124 Å². The molecule has 1 aromatic rings. The molecular formula is C17H21FN2O. The van der Waals surface area contributed by atoms with E-state index in [0.717, 1.165) is 38.5 Å². The van der Waals surface area contributed by atoms with Crippen molar-refractivity contribution in [2.45, 2.75) is 44.6 Å². The molecule has 0 unspecified atom stereocenters. The van der Waals surface area contributed by atoms with Gasteiger partial charge in [0.25, 0.3) is 0 Å². The van der Waals surface area contributed by atoms with Crippen LogP contribution >= 0.6 is 0 Å². The fraction of sp³-hybridized carbons (Fsp3) is 0.588. The van der Waals surface area contributed by atoms with Crippen molar-refractivity contribution in [3.8, 4) is 0 Å². The number of nitrogens with two attached hydrogens (primary N) is 1. The Kier molecular flexibility index (Phi) is 2.71. The predicted octanol–water partition coefficient (Wildman–Crippen LogP) is 3.06. The fourth-order valence-electron chi connectivity index (χ4n) is 4.93. The maximum Gasteiger partial charge on any atom is 0.231 e. The van der Waals surface area contributed by atoms with Crippen molar-refractivity contribution in [2.24, 2.45) is 22.5 Å². The Morgan fingerprint density at radius 2 is 1.86 bits per heavy atom. The maximum atomic E-state index is 13.0. The highest BCUT2D eigenvalue weighted by Gasteiger charge is 2.68. The van der Waals surface area contributed by atoms with Crippen LogP contribution in [0.2, 0.25) is 0 Å². The lowest BCUT2D eigenvalue weighted by molar-refractivity contribution is -0.151. The van der Waals surface area contributed by atoms with Crippen LogP contribution in [0.4, 0.5) is 10.1 Å². The van der Waals surface area contributed by atoms with Crippen LogP contribution in [0.15, 0.2) is 24.3 Å². The summed E-state index contributed by atoms with van der Waals surface area (Å²) in [5, 5.41) is 3.01. The molecule has 0 saturated heterocycles. The van der Waals surface area contributed by atoms with Crippen molar-refractivity contribution in [3.63, 3.8) is 0 Å². The first kappa shape index (κ1) is 13.3. The van der Waals surface area contributed by atoms with E-state index >= 15 is 0 Å². The Balaban J connectivity index is 1.56. The molecule has 4 heteroatoms. The zero-order chi connectivity index (χ0) is 14.7. The Morgan fingerprint density at radius 1 is 1.19 bits per heavy atom. The lowest BCUT2D eigenvalue weighted by Gasteiger charge is -2.57. The van der Waals surface area contributed by atoms with Crippen LogP contribution in [-0.4, -0.2) is 11.9 Å². The summed E-state index contributed by atoms with van der Waals surface area (Å²) in [6, 6.07) is 6.29. The number of nitrogens with one attached hydrogen (secondary N) is 1. The lowest BCUT2D eigenvalue weighted by atomic mass is 9.46. The Hall–Kier alpha value is -1.42. The zero-order valence-corrected chi connectivity index (χ0v) is 12.1. The van der Waals surface area contributed by atoms with E-state index in [2.05, 4.69) is 5.32 Å². The summed E-state index contributed by atoms with van der Waals surface area (Å²) in [7, 11) is 0. The Bertz CT molecular complexity index is 573. The third kappa shape index (κ3) is 1.71. The van der Waals surface area contributed by atoms with Crippen LogP contribution in [0, 0.1) is 22.6 Å². The van der Waals surface area contributed by atoms with E-state index in [1.165, 1.54) is 12.1 Å². The molecule has 4 saturated carbocycles. The molecule has 1 atom stereocenters. The van der Waals surface area contributed by atoms with E-state index in [1.807, 2.05) is 0 Å². The number of carbonyl (C=O) groups excluding carboxylic acids is 1. The van der Waals surface area contributed by atoms with Gasteiger partial charge in [-0.25, -0.2) is 4.39 Å². The second-order valence-electron chi connectivity index (χ2n) is 7.21. The number of benzene rings is 1. The van der Waals surface area contributed by atoms with Gasteiger partial charge in [-0.3, -0.25) is 4.79 Å². The number of hydrogen-bond donors (Lipinski definition) is 2. The average Bonchev–Trinajstić information content (AvgIpc) is 2.83. The largest absolute Gasteiger partial charge is 0.327 e. The molecule has 0 aromatic heterocycles. The minimum absolute atomic E-state index is 0.118. The van der Waals surface area contributed by atoms with Crippen molar-refractivity contribution in [1.29, 1.82) is 0 Å². The highest BCUT2D eigenvalue weighted by atomic mass is 19.1. The predicted molar refractivity (Wildman–Crippen MR) is 79.1 cm³/mol. The normalized spacial score (nSPS) is 35.7. The lowest BCUT2D eigenvalue weighted by Crippen LogP contribution is -2.56. The standard InChI is InChI=1S/C17H21FN2O/c18-12-2-4-13(5-3-12)20-15(21)17(6-1-7-17)16-8-11(9-16)14(19)10-16/h2-5,11,14H,1,6-10,19H2,(H,20,21)/t11?,14-,16?/m1/s1. The van der Waals surface area contributed by atoms with Crippen molar-refractivity contribution in [1.82, 2.24) is 0 Å². The number of hydrogen-bond acceptors (Lipinski definition) is 2. The molecule has 2 bridgehead atoms. The summed E-state index contributed by atoms with van der Waals surface area (Å²) in [5.74, 6) is 0.461. The highest BCUT2D eigenvalue weighted by Crippen LogP contribution is 2.71. The first-order valence-corrected chi connectivity index (χ1v) is 7.87. The van der Waals surface area contributed by atoms with Gasteiger partial charge >= 0.3 is 0 Å². The average molecular weight is 288 g/mol. The van der Waals surface area contributed by atoms with Crippen LogP contribution in [0.25, 0.3) is 0 Å². The van der Waals surface area contributed by atoms with E-state index in [1.54, 1.807) is 12.1 Å². The minimum Gasteiger partial charge on any atom is -0.327 e. The van der Waals surface area contributed by atoms with Gasteiger partial charge in [-0.15, -0.1) is 0 Å². The number of halogens is 1. The van der Waals surface area contributed by atoms with Gasteiger partial charge in [0.1, 0.15) is 5.82 Å². The first-order valence-electron chi connectivity index (χ1n) is 7.87. The molecule has 4 aliphatic carbocycles. The quantitative estimate of drug-likeness (QED) is 0.898. The number of rotatable bonds is 3. The van der Waals surface area contributed by atoms with Gasteiger partial charge in [-0.05, 0) is 67.7 Å². The van der Waals surface area contributed by atoms with Gasteiger partial charge in [0.15, 0.2) is 0 Å². The molecule has 3 nitrogen and oxygen atoms in total. The van der Waals surface area contributed by atoms with E-state index < -0.39 is 0 Å². The van der Waals surface area contributed by atoms with Crippen LogP contribution in [0.3, 0.4) is 0 Å². The molecule has 1 amide bonds. The monoisotopic (exact) mass is 288 g/mol. The van der Waals surface area contributed by atoms with E-state index in [9.17, 15) is 9.18 Å². The maximum absolute atomic E-state index is 13.0. The summed E-state index contributed by atoms with van der Waals surface area (Å²) in [6.45, 7) is 0. The molecule has 112 valence electrons. The molecule has 21 heavy (non-hydrogen) atoms. The van der Waals surface area contributed by atoms with Crippen molar-refractivity contribution >= 4 is 11.6 Å². The minimum atomic E-state index is -0.284. The second-order valence-corrected chi connectivity index (χ2v) is 7.21. The first-order chi connectivity index (χ1) is 10.0. The summed E-state index contributed by atoms with van der Waals surface area (Å²) in [6.07, 6.45) is 6.29. The van der Waals surface area contributed by atoms with E-state index in [0.29, 0.717) is 11.6 Å². The molecular weight excluding hydrogens is 267 g/mol. The van der Waals surface area contributed by atoms with Crippen LogP contribution < -0.4 is 11.1 Å². The van der Waals surface area contributed by atoms with E-state index in [-0.39, 0.29) is 28.6 Å². The molecule has 1 aromatic carbocycles. The SMILES string of the molecule is N[C@@H]1CC2(C3(C(=O)Nc4ccc(F)cc4)CCC3)CC1C2. The van der Waals surface area contributed by atoms with Crippen molar-refractivity contribution < 1.29 is 9.18 Å². The van der Waals surface area contributed by atoms with Crippen LogP contribution in [0.5, 0.6) is 0 Å². The summed E-state index contributed by atoms with van der Waals surface area (Å²) >= 11 is 0. The Morgan fingerprint density at radius 3 is 2.33 bits per heavy atom. The van der Waals surface area contributed by atoms with Gasteiger partial charge < -0.3 is 11.1 Å². The second kappa shape index (κ2) is 4.29. The number of fused-ring (bicyclic) bond motifs is 1. The van der Waals surface area contributed by atoms with Gasteiger partial charge in [0, 0.05) is 11.7 Å². The topological polar surface area (TPSA) is 55.1 Å². The smallest absolute Gasteiger partial charge is 0.231 e.